The van der Waals surface area contributed by atoms with Gasteiger partial charge in [0.1, 0.15) is 6.54 Å². The third-order valence-corrected chi connectivity index (χ3v) is 1.08. The molecule has 0 atom stereocenters. The topological polar surface area (TPSA) is 95.9 Å². The Kier molecular flexibility index (Phi) is 5.94. The summed E-state index contributed by atoms with van der Waals surface area (Å²) in [6, 6.07) is 0. The number of amides is 1. The first-order valence-electron chi connectivity index (χ1n) is 3.41. The zero-order valence-corrected chi connectivity index (χ0v) is 6.45. The largest absolute Gasteiger partial charge is 0.480 e. The molecule has 0 bridgehead atoms. The highest BCUT2D eigenvalue weighted by molar-refractivity contribution is 5.80. The van der Waals surface area contributed by atoms with E-state index in [2.05, 4.69) is 10.2 Å². The number of carboxylic acid groups (broad SMARTS) is 1. The predicted molar refractivity (Wildman–Crippen MR) is 38.5 cm³/mol. The molecule has 0 heterocycles. The Bertz CT molecular complexity index is 158. The lowest BCUT2D eigenvalue weighted by Gasteiger charge is -2.00. The number of hydrogen-bond acceptors (Lipinski definition) is 4. The van der Waals surface area contributed by atoms with Crippen molar-refractivity contribution < 1.29 is 24.8 Å². The Balaban J connectivity index is 3.28. The molecule has 0 aliphatic heterocycles. The zero-order chi connectivity index (χ0) is 9.40. The fourth-order valence-corrected chi connectivity index (χ4v) is 0.560. The molecule has 0 saturated carbocycles. The summed E-state index contributed by atoms with van der Waals surface area (Å²) in [5.74, 6) is -1.45. The summed E-state index contributed by atoms with van der Waals surface area (Å²) in [6.07, 6.45) is 0.510. The van der Waals surface area contributed by atoms with E-state index < -0.39 is 5.97 Å². The van der Waals surface area contributed by atoms with Crippen LogP contribution in [0.25, 0.3) is 0 Å². The lowest BCUT2D eigenvalue weighted by atomic mass is 10.3. The summed E-state index contributed by atoms with van der Waals surface area (Å²) >= 11 is 0. The van der Waals surface area contributed by atoms with Crippen molar-refractivity contribution in [2.75, 3.05) is 13.2 Å². The van der Waals surface area contributed by atoms with Gasteiger partial charge >= 0.3 is 5.97 Å². The van der Waals surface area contributed by atoms with E-state index in [4.69, 9.17) is 10.4 Å². The molecule has 0 aromatic rings. The standard InChI is InChI=1S/C6H11NO5/c8-5(2-1-3-12-11)7-4-6(9)10/h11H,1-4H2,(H,7,8)(H,9,10). The molecule has 1 amide bonds. The fourth-order valence-electron chi connectivity index (χ4n) is 0.560. The van der Waals surface area contributed by atoms with Crippen molar-refractivity contribution in [1.82, 2.24) is 5.32 Å². The van der Waals surface area contributed by atoms with E-state index in [0.717, 1.165) is 0 Å². The van der Waals surface area contributed by atoms with Crippen molar-refractivity contribution in [2.24, 2.45) is 0 Å². The van der Waals surface area contributed by atoms with Crippen LogP contribution in [0.1, 0.15) is 12.8 Å². The number of carbonyl (C=O) groups excluding carboxylic acids is 1. The lowest BCUT2D eigenvalue weighted by molar-refractivity contribution is -0.242. The molecule has 0 rings (SSSR count). The van der Waals surface area contributed by atoms with Gasteiger partial charge in [-0.3, -0.25) is 14.8 Å². The second kappa shape index (κ2) is 6.56. The molecule has 0 aliphatic carbocycles. The van der Waals surface area contributed by atoms with E-state index in [9.17, 15) is 9.59 Å². The van der Waals surface area contributed by atoms with Crippen LogP contribution in [0, 0.1) is 0 Å². The van der Waals surface area contributed by atoms with Gasteiger partial charge in [0.2, 0.25) is 5.91 Å². The normalized spacial score (nSPS) is 9.42. The first kappa shape index (κ1) is 10.9. The van der Waals surface area contributed by atoms with Gasteiger partial charge in [0, 0.05) is 6.42 Å². The second-order valence-electron chi connectivity index (χ2n) is 2.11. The molecular weight excluding hydrogens is 166 g/mol. The molecule has 0 saturated heterocycles. The third-order valence-electron chi connectivity index (χ3n) is 1.08. The van der Waals surface area contributed by atoms with Crippen LogP contribution < -0.4 is 5.32 Å². The Morgan fingerprint density at radius 1 is 1.42 bits per heavy atom. The quantitative estimate of drug-likeness (QED) is 0.287. The molecule has 6 nitrogen and oxygen atoms in total. The molecule has 0 aliphatic rings. The first-order chi connectivity index (χ1) is 5.66. The van der Waals surface area contributed by atoms with Crippen molar-refractivity contribution in [1.29, 1.82) is 0 Å². The van der Waals surface area contributed by atoms with Gasteiger partial charge in [0.05, 0.1) is 6.61 Å². The summed E-state index contributed by atoms with van der Waals surface area (Å²) < 4.78 is 0. The minimum atomic E-state index is -1.08. The average Bonchev–Trinajstić information content (AvgIpc) is 2.01. The molecule has 0 fully saturated rings. The molecule has 0 unspecified atom stereocenters. The van der Waals surface area contributed by atoms with Crippen LogP contribution in [0.2, 0.25) is 0 Å². The van der Waals surface area contributed by atoms with E-state index in [1.807, 2.05) is 0 Å². The van der Waals surface area contributed by atoms with E-state index in [1.54, 1.807) is 0 Å². The fraction of sp³-hybridized carbons (Fsp3) is 0.667. The van der Waals surface area contributed by atoms with Crippen LogP contribution in [0.15, 0.2) is 0 Å². The minimum absolute atomic E-state index is 0.0699. The van der Waals surface area contributed by atoms with Gasteiger partial charge in [-0.15, -0.1) is 0 Å². The molecule has 70 valence electrons. The van der Waals surface area contributed by atoms with E-state index in [-0.39, 0.29) is 25.5 Å². The maximum Gasteiger partial charge on any atom is 0.322 e. The van der Waals surface area contributed by atoms with Crippen LogP contribution in [0.4, 0.5) is 0 Å². The monoisotopic (exact) mass is 177 g/mol. The summed E-state index contributed by atoms with van der Waals surface area (Å²) in [7, 11) is 0. The SMILES string of the molecule is O=C(O)CNC(=O)CCCOO. The van der Waals surface area contributed by atoms with Gasteiger partial charge in [0.25, 0.3) is 0 Å². The number of hydrogen-bond donors (Lipinski definition) is 3. The molecule has 3 N–H and O–H groups in total. The maximum absolute atomic E-state index is 10.7. The second-order valence-corrected chi connectivity index (χ2v) is 2.11. The summed E-state index contributed by atoms with van der Waals surface area (Å²) in [6.45, 7) is -0.306. The van der Waals surface area contributed by atoms with Crippen LogP contribution in [-0.2, 0) is 14.5 Å². The highest BCUT2D eigenvalue weighted by Gasteiger charge is 2.02. The van der Waals surface area contributed by atoms with Crippen LogP contribution in [0.3, 0.4) is 0 Å². The number of aliphatic carboxylic acids is 1. The Labute approximate surface area is 69.1 Å². The van der Waals surface area contributed by atoms with Crippen LogP contribution in [0.5, 0.6) is 0 Å². The molecule has 0 aromatic heterocycles. The van der Waals surface area contributed by atoms with E-state index in [1.165, 1.54) is 0 Å². The van der Waals surface area contributed by atoms with Gasteiger partial charge < -0.3 is 10.4 Å². The highest BCUT2D eigenvalue weighted by atomic mass is 17.1. The van der Waals surface area contributed by atoms with Gasteiger partial charge in [-0.2, -0.15) is 0 Å². The summed E-state index contributed by atoms with van der Waals surface area (Å²) in [5, 5.41) is 18.2. The zero-order valence-electron chi connectivity index (χ0n) is 6.45. The van der Waals surface area contributed by atoms with Gasteiger partial charge in [0.15, 0.2) is 0 Å². The molecule has 0 aromatic carbocycles. The molecule has 0 spiro atoms. The lowest BCUT2D eigenvalue weighted by Crippen LogP contribution is -2.29. The number of carbonyl (C=O) groups is 2. The molecule has 6 heteroatoms. The molecular formula is C6H11NO5. The van der Waals surface area contributed by atoms with Crippen molar-refractivity contribution in [3.63, 3.8) is 0 Å². The number of rotatable bonds is 6. The molecule has 12 heavy (non-hydrogen) atoms. The number of carboxylic acids is 1. The third kappa shape index (κ3) is 6.97. The Hall–Kier alpha value is -1.14. The Morgan fingerprint density at radius 2 is 2.08 bits per heavy atom. The van der Waals surface area contributed by atoms with Gasteiger partial charge in [-0.25, -0.2) is 4.89 Å². The summed E-state index contributed by atoms with van der Waals surface area (Å²) in [4.78, 5) is 24.4. The van der Waals surface area contributed by atoms with Gasteiger partial charge in [-0.05, 0) is 6.42 Å². The van der Waals surface area contributed by atoms with E-state index in [0.29, 0.717) is 6.42 Å². The smallest absolute Gasteiger partial charge is 0.322 e. The highest BCUT2D eigenvalue weighted by Crippen LogP contribution is 1.87. The van der Waals surface area contributed by atoms with Crippen molar-refractivity contribution >= 4 is 11.9 Å². The van der Waals surface area contributed by atoms with Crippen molar-refractivity contribution in [2.45, 2.75) is 12.8 Å². The Morgan fingerprint density at radius 3 is 2.58 bits per heavy atom. The molecule has 0 radical (unpaired) electrons. The van der Waals surface area contributed by atoms with Crippen molar-refractivity contribution in [3.05, 3.63) is 0 Å². The minimum Gasteiger partial charge on any atom is -0.480 e. The van der Waals surface area contributed by atoms with Crippen LogP contribution in [-0.4, -0.2) is 35.4 Å². The average molecular weight is 177 g/mol. The maximum atomic E-state index is 10.7. The van der Waals surface area contributed by atoms with E-state index >= 15 is 0 Å². The summed E-state index contributed by atoms with van der Waals surface area (Å²) in [5.41, 5.74) is 0. The first-order valence-corrected chi connectivity index (χ1v) is 3.41. The number of nitrogens with one attached hydrogen (secondary N) is 1. The predicted octanol–water partition coefficient (Wildman–Crippen LogP) is -0.543. The van der Waals surface area contributed by atoms with Crippen LogP contribution >= 0.6 is 0 Å². The van der Waals surface area contributed by atoms with Crippen molar-refractivity contribution in [3.8, 4) is 0 Å². The van der Waals surface area contributed by atoms with Gasteiger partial charge in [-0.1, -0.05) is 0 Å².